The van der Waals surface area contributed by atoms with Gasteiger partial charge in [0.25, 0.3) is 0 Å². The van der Waals surface area contributed by atoms with Gasteiger partial charge in [-0.3, -0.25) is 0 Å². The Bertz CT molecular complexity index is 331. The second kappa shape index (κ2) is 6.40. The van der Waals surface area contributed by atoms with E-state index in [0.717, 1.165) is 23.2 Å². The predicted octanol–water partition coefficient (Wildman–Crippen LogP) is 2.94. The molecule has 0 bridgehead atoms. The molecule has 15 heavy (non-hydrogen) atoms. The van der Waals surface area contributed by atoms with Gasteiger partial charge in [-0.25, -0.2) is 0 Å². The number of hydrogen-bond acceptors (Lipinski definition) is 3. The summed E-state index contributed by atoms with van der Waals surface area (Å²) >= 11 is 5.24. The number of methoxy groups -OCH3 is 1. The molecule has 0 atom stereocenters. The fourth-order valence-corrected chi connectivity index (χ4v) is 2.83. The third kappa shape index (κ3) is 3.40. The second-order valence-corrected chi connectivity index (χ2v) is 4.87. The van der Waals surface area contributed by atoms with E-state index in [1.165, 1.54) is 10.5 Å². The monoisotopic (exact) mass is 289 g/mol. The Morgan fingerprint density at radius 1 is 1.47 bits per heavy atom. The molecule has 0 fully saturated rings. The fourth-order valence-electron chi connectivity index (χ4n) is 1.39. The highest BCUT2D eigenvalue weighted by atomic mass is 79.9. The van der Waals surface area contributed by atoms with Crippen LogP contribution in [0.5, 0.6) is 5.75 Å². The van der Waals surface area contributed by atoms with Crippen LogP contribution in [0, 0.1) is 0 Å². The summed E-state index contributed by atoms with van der Waals surface area (Å²) < 4.78 is 6.37. The molecule has 1 rings (SSSR count). The van der Waals surface area contributed by atoms with Crippen molar-refractivity contribution in [2.45, 2.75) is 11.3 Å². The summed E-state index contributed by atoms with van der Waals surface area (Å²) in [5, 5.41) is 3.15. The zero-order chi connectivity index (χ0) is 11.3. The van der Waals surface area contributed by atoms with Gasteiger partial charge in [-0.05, 0) is 59.9 Å². The highest BCUT2D eigenvalue weighted by Crippen LogP contribution is 2.36. The molecule has 0 saturated heterocycles. The highest BCUT2D eigenvalue weighted by Gasteiger charge is 2.08. The molecular weight excluding hydrogens is 274 g/mol. The van der Waals surface area contributed by atoms with Gasteiger partial charge in [0.05, 0.1) is 16.5 Å². The maximum absolute atomic E-state index is 5.34. The summed E-state index contributed by atoms with van der Waals surface area (Å²) in [5.41, 5.74) is 1.32. The highest BCUT2D eigenvalue weighted by molar-refractivity contribution is 9.10. The van der Waals surface area contributed by atoms with Gasteiger partial charge in [-0.1, -0.05) is 0 Å². The minimum atomic E-state index is 0.927. The van der Waals surface area contributed by atoms with Crippen molar-refractivity contribution in [1.29, 1.82) is 0 Å². The molecule has 0 aromatic heterocycles. The van der Waals surface area contributed by atoms with E-state index in [4.69, 9.17) is 4.74 Å². The topological polar surface area (TPSA) is 21.3 Å². The Hall–Kier alpha value is -0.190. The first kappa shape index (κ1) is 12.9. The minimum absolute atomic E-state index is 0.927. The van der Waals surface area contributed by atoms with Gasteiger partial charge in [0.1, 0.15) is 5.75 Å². The van der Waals surface area contributed by atoms with Crippen LogP contribution in [0.4, 0.5) is 0 Å². The van der Waals surface area contributed by atoms with E-state index in [0.29, 0.717) is 0 Å². The fraction of sp³-hybridized carbons (Fsp3) is 0.455. The summed E-state index contributed by atoms with van der Waals surface area (Å²) in [5.74, 6) is 0.927. The molecule has 4 heteroatoms. The number of thioether (sulfide) groups is 1. The molecule has 1 N–H and O–H groups in total. The Labute approximate surface area is 104 Å². The summed E-state index contributed by atoms with van der Waals surface area (Å²) in [4.78, 5) is 1.18. The quantitative estimate of drug-likeness (QED) is 0.842. The number of likely N-dealkylation sites (N-methyl/N-ethyl adjacent to an activating group) is 1. The number of benzene rings is 1. The molecular formula is C11H16BrNOS. The molecule has 0 unspecified atom stereocenters. The molecule has 0 amide bonds. The molecule has 0 aliphatic heterocycles. The second-order valence-electron chi connectivity index (χ2n) is 3.17. The van der Waals surface area contributed by atoms with E-state index in [1.807, 2.05) is 7.05 Å². The average Bonchev–Trinajstić information content (AvgIpc) is 2.25. The van der Waals surface area contributed by atoms with Crippen molar-refractivity contribution in [3.05, 3.63) is 22.2 Å². The Kier molecular flexibility index (Phi) is 5.50. The molecule has 0 aliphatic rings. The largest absolute Gasteiger partial charge is 0.494 e. The summed E-state index contributed by atoms with van der Waals surface area (Å²) in [6, 6.07) is 4.31. The lowest BCUT2D eigenvalue weighted by molar-refractivity contribution is 0.402. The predicted molar refractivity (Wildman–Crippen MR) is 70.1 cm³/mol. The van der Waals surface area contributed by atoms with E-state index >= 15 is 0 Å². The number of nitrogens with one attached hydrogen (secondary N) is 1. The van der Waals surface area contributed by atoms with Crippen LogP contribution >= 0.6 is 27.7 Å². The van der Waals surface area contributed by atoms with Crippen molar-refractivity contribution in [3.63, 3.8) is 0 Å². The molecule has 0 heterocycles. The Morgan fingerprint density at radius 2 is 2.20 bits per heavy atom. The lowest BCUT2D eigenvalue weighted by Gasteiger charge is -2.11. The van der Waals surface area contributed by atoms with E-state index in [1.54, 1.807) is 18.9 Å². The molecule has 1 aromatic carbocycles. The van der Waals surface area contributed by atoms with E-state index in [9.17, 15) is 0 Å². The van der Waals surface area contributed by atoms with Crippen LogP contribution in [0.2, 0.25) is 0 Å². The van der Waals surface area contributed by atoms with Crippen LogP contribution in [-0.4, -0.2) is 27.0 Å². The van der Waals surface area contributed by atoms with E-state index < -0.39 is 0 Å². The molecule has 0 saturated carbocycles. The molecule has 0 aliphatic carbocycles. The lowest BCUT2D eigenvalue weighted by atomic mass is 10.1. The zero-order valence-corrected chi connectivity index (χ0v) is 11.7. The molecule has 84 valence electrons. The molecule has 1 aromatic rings. The van der Waals surface area contributed by atoms with Crippen molar-refractivity contribution in [2.75, 3.05) is 27.0 Å². The van der Waals surface area contributed by atoms with Crippen LogP contribution in [0.3, 0.4) is 0 Å². The van der Waals surface area contributed by atoms with Crippen LogP contribution in [0.25, 0.3) is 0 Å². The van der Waals surface area contributed by atoms with Crippen LogP contribution in [0.15, 0.2) is 21.5 Å². The normalized spacial score (nSPS) is 10.4. The number of hydrogen-bond donors (Lipinski definition) is 1. The van der Waals surface area contributed by atoms with Gasteiger partial charge in [-0.15, -0.1) is 11.8 Å². The first-order valence-electron chi connectivity index (χ1n) is 4.78. The molecule has 0 radical (unpaired) electrons. The van der Waals surface area contributed by atoms with Crippen LogP contribution in [-0.2, 0) is 6.42 Å². The summed E-state index contributed by atoms with van der Waals surface area (Å²) in [6.07, 6.45) is 3.10. The number of halogens is 1. The summed E-state index contributed by atoms with van der Waals surface area (Å²) in [7, 11) is 3.67. The third-order valence-electron chi connectivity index (χ3n) is 2.16. The van der Waals surface area contributed by atoms with Crippen molar-refractivity contribution < 1.29 is 4.74 Å². The Balaban J connectivity index is 2.97. The zero-order valence-electron chi connectivity index (χ0n) is 9.26. The van der Waals surface area contributed by atoms with Gasteiger partial charge in [-0.2, -0.15) is 0 Å². The number of rotatable bonds is 5. The first-order chi connectivity index (χ1) is 7.22. The minimum Gasteiger partial charge on any atom is -0.494 e. The van der Waals surface area contributed by atoms with Crippen LogP contribution in [0.1, 0.15) is 5.56 Å². The molecule has 0 spiro atoms. The van der Waals surface area contributed by atoms with Gasteiger partial charge >= 0.3 is 0 Å². The van der Waals surface area contributed by atoms with E-state index in [2.05, 4.69) is 39.6 Å². The summed E-state index contributed by atoms with van der Waals surface area (Å²) in [6.45, 7) is 0.993. The maximum atomic E-state index is 5.34. The SMILES string of the molecule is CNCCc1cc(Br)c(OC)c(SC)c1. The number of ether oxygens (including phenoxy) is 1. The smallest absolute Gasteiger partial charge is 0.146 e. The van der Waals surface area contributed by atoms with Crippen molar-refractivity contribution in [3.8, 4) is 5.75 Å². The lowest BCUT2D eigenvalue weighted by Crippen LogP contribution is -2.10. The standard InChI is InChI=1S/C11H16BrNOS/c1-13-5-4-8-6-9(12)11(14-2)10(7-8)15-3/h6-7,13H,4-5H2,1-3H3. The maximum Gasteiger partial charge on any atom is 0.146 e. The first-order valence-corrected chi connectivity index (χ1v) is 6.79. The van der Waals surface area contributed by atoms with Crippen LogP contribution < -0.4 is 10.1 Å². The van der Waals surface area contributed by atoms with Crippen molar-refractivity contribution in [2.24, 2.45) is 0 Å². The van der Waals surface area contributed by atoms with Crippen molar-refractivity contribution in [1.82, 2.24) is 5.32 Å². The van der Waals surface area contributed by atoms with Gasteiger partial charge in [0, 0.05) is 0 Å². The van der Waals surface area contributed by atoms with Crippen molar-refractivity contribution >= 4 is 27.7 Å². The van der Waals surface area contributed by atoms with Gasteiger partial charge in [0.15, 0.2) is 0 Å². The molecule has 2 nitrogen and oxygen atoms in total. The third-order valence-corrected chi connectivity index (χ3v) is 3.49. The van der Waals surface area contributed by atoms with Gasteiger partial charge < -0.3 is 10.1 Å². The van der Waals surface area contributed by atoms with Gasteiger partial charge in [0.2, 0.25) is 0 Å². The Morgan fingerprint density at radius 3 is 2.73 bits per heavy atom. The average molecular weight is 290 g/mol. The van der Waals surface area contributed by atoms with E-state index in [-0.39, 0.29) is 0 Å².